The summed E-state index contributed by atoms with van der Waals surface area (Å²) in [5.74, 6) is 0.250. The van der Waals surface area contributed by atoms with Gasteiger partial charge in [-0.2, -0.15) is 0 Å². The molecule has 0 aliphatic carbocycles. The second-order valence-electron chi connectivity index (χ2n) is 8.31. The highest BCUT2D eigenvalue weighted by molar-refractivity contribution is 6.28. The Morgan fingerprint density at radius 3 is 2.42 bits per heavy atom. The van der Waals surface area contributed by atoms with Crippen molar-refractivity contribution in [3.8, 4) is 5.75 Å². The van der Waals surface area contributed by atoms with Gasteiger partial charge >= 0.3 is 0 Å². The second-order valence-corrected chi connectivity index (χ2v) is 8.31. The molecule has 1 saturated heterocycles. The lowest BCUT2D eigenvalue weighted by Gasteiger charge is -2.39. The summed E-state index contributed by atoms with van der Waals surface area (Å²) in [6.07, 6.45) is -7.18. The van der Waals surface area contributed by atoms with Gasteiger partial charge in [-0.1, -0.05) is 30.3 Å². The fourth-order valence-electron chi connectivity index (χ4n) is 4.74. The molecule has 2 heterocycles. The number of rotatable bonds is 3. The van der Waals surface area contributed by atoms with Gasteiger partial charge in [0.25, 0.3) is 0 Å². The molecule has 1 fully saturated rings. The number of para-hydroxylation sites is 1. The molecule has 8 nitrogen and oxygen atoms in total. The summed E-state index contributed by atoms with van der Waals surface area (Å²) in [6, 6.07) is 15.9. The molecule has 5 aromatic rings. The third kappa shape index (κ3) is 2.93. The third-order valence-corrected chi connectivity index (χ3v) is 6.39. The maximum absolute atomic E-state index is 12.8. The van der Waals surface area contributed by atoms with Crippen molar-refractivity contribution in [2.24, 2.45) is 0 Å². The average Bonchev–Trinajstić information content (AvgIpc) is 2.84. The van der Waals surface area contributed by atoms with Gasteiger partial charge in [-0.15, -0.1) is 0 Å². The zero-order valence-corrected chi connectivity index (χ0v) is 17.2. The van der Waals surface area contributed by atoms with E-state index in [1.807, 2.05) is 36.4 Å². The highest BCUT2D eigenvalue weighted by Crippen LogP contribution is 2.43. The molecule has 0 unspecified atom stereocenters. The zero-order valence-electron chi connectivity index (χ0n) is 17.2. The van der Waals surface area contributed by atoms with Crippen molar-refractivity contribution in [3.05, 3.63) is 64.8 Å². The van der Waals surface area contributed by atoms with Gasteiger partial charge in [0.15, 0.2) is 5.43 Å². The van der Waals surface area contributed by atoms with E-state index in [0.717, 1.165) is 16.2 Å². The molecule has 0 spiro atoms. The first-order chi connectivity index (χ1) is 16.0. The van der Waals surface area contributed by atoms with Crippen molar-refractivity contribution in [2.45, 2.75) is 30.7 Å². The summed E-state index contributed by atoms with van der Waals surface area (Å²) in [5.41, 5.74) is 0.958. The van der Waals surface area contributed by atoms with Crippen molar-refractivity contribution in [1.29, 1.82) is 0 Å². The summed E-state index contributed by atoms with van der Waals surface area (Å²) in [6.45, 7) is -0.575. The van der Waals surface area contributed by atoms with Crippen LogP contribution >= 0.6 is 0 Å². The van der Waals surface area contributed by atoms with Crippen molar-refractivity contribution in [3.63, 3.8) is 0 Å². The smallest absolute Gasteiger partial charge is 0.229 e. The lowest BCUT2D eigenvalue weighted by atomic mass is 9.94. The molecule has 6 rings (SSSR count). The Morgan fingerprint density at radius 2 is 1.61 bits per heavy atom. The first-order valence-electron chi connectivity index (χ1n) is 10.6. The van der Waals surface area contributed by atoms with Crippen molar-refractivity contribution < 1.29 is 34.3 Å². The lowest BCUT2D eigenvalue weighted by Crippen LogP contribution is -2.60. The number of aliphatic hydroxyl groups excluding tert-OH is 4. The SMILES string of the molecule is O=c1ccc2ccc3oc4ccccc4c4c(O[C@@H]5O[C@H](CO)[C@@H](O)[C@H](O)[C@H]5O)cc1c2c34. The number of aliphatic hydroxyl groups is 4. The maximum atomic E-state index is 12.8. The average molecular weight is 448 g/mol. The zero-order chi connectivity index (χ0) is 22.9. The Kier molecular flexibility index (Phi) is 4.55. The van der Waals surface area contributed by atoms with Crippen molar-refractivity contribution in [2.75, 3.05) is 6.61 Å². The van der Waals surface area contributed by atoms with Crippen LogP contribution in [0.25, 0.3) is 43.5 Å². The summed E-state index contributed by atoms with van der Waals surface area (Å²) < 4.78 is 17.7. The first kappa shape index (κ1) is 20.3. The number of hydrogen-bond donors (Lipinski definition) is 4. The number of hydrogen-bond acceptors (Lipinski definition) is 8. The van der Waals surface area contributed by atoms with Gasteiger partial charge in [0, 0.05) is 26.9 Å². The summed E-state index contributed by atoms with van der Waals surface area (Å²) in [5, 5.41) is 44.4. The quantitative estimate of drug-likeness (QED) is 0.243. The molecule has 4 aromatic carbocycles. The predicted octanol–water partition coefficient (Wildman–Crippen LogP) is 1.87. The molecule has 1 aliphatic heterocycles. The molecule has 0 amide bonds. The van der Waals surface area contributed by atoms with Crippen LogP contribution in [0, 0.1) is 0 Å². The molecular weight excluding hydrogens is 428 g/mol. The fraction of sp³-hybridized carbons (Fsp3) is 0.240. The van der Waals surface area contributed by atoms with E-state index in [2.05, 4.69) is 0 Å². The van der Waals surface area contributed by atoms with Gasteiger partial charge in [-0.3, -0.25) is 4.79 Å². The monoisotopic (exact) mass is 448 g/mol. The van der Waals surface area contributed by atoms with E-state index < -0.39 is 37.3 Å². The van der Waals surface area contributed by atoms with Gasteiger partial charge in [0.2, 0.25) is 6.29 Å². The molecule has 1 aromatic heterocycles. The predicted molar refractivity (Wildman–Crippen MR) is 121 cm³/mol. The van der Waals surface area contributed by atoms with E-state index in [9.17, 15) is 25.2 Å². The van der Waals surface area contributed by atoms with Crippen LogP contribution in [0.4, 0.5) is 0 Å². The normalized spacial score (nSPS) is 26.0. The van der Waals surface area contributed by atoms with Crippen LogP contribution in [0.15, 0.2) is 63.8 Å². The molecule has 0 radical (unpaired) electrons. The van der Waals surface area contributed by atoms with Crippen LogP contribution in [-0.4, -0.2) is 57.7 Å². The molecule has 4 N–H and O–H groups in total. The van der Waals surface area contributed by atoms with Crippen LogP contribution in [0.1, 0.15) is 0 Å². The number of fused-ring (bicyclic) bond motifs is 2. The molecule has 5 atom stereocenters. The van der Waals surface area contributed by atoms with Gasteiger partial charge < -0.3 is 34.3 Å². The highest BCUT2D eigenvalue weighted by atomic mass is 16.7. The van der Waals surface area contributed by atoms with Crippen LogP contribution in [0.2, 0.25) is 0 Å². The van der Waals surface area contributed by atoms with E-state index in [-0.39, 0.29) is 11.2 Å². The van der Waals surface area contributed by atoms with E-state index in [1.54, 1.807) is 12.1 Å². The molecule has 33 heavy (non-hydrogen) atoms. The Balaban J connectivity index is 1.65. The number of benzene rings is 4. The minimum Gasteiger partial charge on any atom is -0.461 e. The number of ether oxygens (including phenoxy) is 2. The molecule has 168 valence electrons. The Labute approximate surface area is 186 Å². The van der Waals surface area contributed by atoms with Crippen LogP contribution < -0.4 is 10.2 Å². The van der Waals surface area contributed by atoms with E-state index in [1.165, 1.54) is 6.07 Å². The van der Waals surface area contributed by atoms with E-state index >= 15 is 0 Å². The van der Waals surface area contributed by atoms with Gasteiger partial charge in [0.05, 0.1) is 6.61 Å². The molecule has 1 aliphatic rings. The Bertz CT molecular complexity index is 1560. The third-order valence-electron chi connectivity index (χ3n) is 6.39. The van der Waals surface area contributed by atoms with Crippen LogP contribution in [0.3, 0.4) is 0 Å². The molecule has 8 heteroatoms. The standard InChI is InChI=1S/C25H20O8/c26-10-18-22(28)23(29)24(30)25(33-18)32-17-9-13-14(27)7-5-11-6-8-16-21(19(11)13)20(17)12-3-1-2-4-15(12)31-16/h1-9,18,22-26,28-30H,10H2/t18-,22-,23+,24-,25-/m1/s1. The van der Waals surface area contributed by atoms with Crippen molar-refractivity contribution in [1.82, 2.24) is 0 Å². The van der Waals surface area contributed by atoms with Gasteiger partial charge in [-0.05, 0) is 29.7 Å². The first-order valence-corrected chi connectivity index (χ1v) is 10.6. The van der Waals surface area contributed by atoms with Gasteiger partial charge in [-0.25, -0.2) is 0 Å². The summed E-state index contributed by atoms with van der Waals surface area (Å²) in [4.78, 5) is 12.8. The minimum atomic E-state index is -1.58. The fourth-order valence-corrected chi connectivity index (χ4v) is 4.74. The Hall–Kier alpha value is -3.27. The topological polar surface area (TPSA) is 130 Å². The summed E-state index contributed by atoms with van der Waals surface area (Å²) >= 11 is 0. The summed E-state index contributed by atoms with van der Waals surface area (Å²) in [7, 11) is 0. The Morgan fingerprint density at radius 1 is 0.818 bits per heavy atom. The minimum absolute atomic E-state index is 0.205. The van der Waals surface area contributed by atoms with Crippen LogP contribution in [0.5, 0.6) is 5.75 Å². The molecule has 0 bridgehead atoms. The largest absolute Gasteiger partial charge is 0.461 e. The second kappa shape index (κ2) is 7.38. The lowest BCUT2D eigenvalue weighted by molar-refractivity contribution is -0.277. The highest BCUT2D eigenvalue weighted by Gasteiger charge is 2.45. The van der Waals surface area contributed by atoms with Gasteiger partial charge in [0.1, 0.15) is 41.3 Å². The maximum Gasteiger partial charge on any atom is 0.229 e. The molecular formula is C25H20O8. The van der Waals surface area contributed by atoms with E-state index in [4.69, 9.17) is 13.9 Å². The van der Waals surface area contributed by atoms with Crippen LogP contribution in [-0.2, 0) is 4.74 Å². The van der Waals surface area contributed by atoms with Crippen molar-refractivity contribution >= 4 is 43.5 Å². The molecule has 0 saturated carbocycles. The van der Waals surface area contributed by atoms with E-state index in [0.29, 0.717) is 27.3 Å².